The lowest BCUT2D eigenvalue weighted by Gasteiger charge is -2.36. The molecular formula is C35H52ClN3O4. The van der Waals surface area contributed by atoms with Crippen LogP contribution in [0.1, 0.15) is 108 Å². The molecule has 0 aliphatic rings. The number of hydrogen-bond donors (Lipinski definition) is 2. The molecule has 0 fully saturated rings. The van der Waals surface area contributed by atoms with Gasteiger partial charge in [0.05, 0.1) is 10.7 Å². The lowest BCUT2D eigenvalue weighted by Crippen LogP contribution is -2.53. The van der Waals surface area contributed by atoms with E-state index in [0.29, 0.717) is 23.7 Å². The maximum atomic E-state index is 14.6. The van der Waals surface area contributed by atoms with Crippen LogP contribution >= 0.6 is 11.6 Å². The topological polar surface area (TPSA) is 87.7 Å². The number of amides is 3. The molecule has 2 atom stereocenters. The van der Waals surface area contributed by atoms with Crippen LogP contribution in [0.5, 0.6) is 0 Å². The number of nitrogens with one attached hydrogen (secondary N) is 2. The Kier molecular flexibility index (Phi) is 14.0. The summed E-state index contributed by atoms with van der Waals surface area (Å²) < 4.78 is 5.52. The number of halogens is 1. The second-order valence-corrected chi connectivity index (χ2v) is 13.4. The minimum Gasteiger partial charge on any atom is -0.444 e. The van der Waals surface area contributed by atoms with Crippen LogP contribution in [-0.4, -0.2) is 41.0 Å². The standard InChI is InChI=1S/C35H52ClN3O4/c1-10-11-12-13-14-20-39(33(41)29(21-23(2)3)37-34(42)43-35(7,8)9)31(27-22-24(4)18-19-25(27)5)32(40)38-30-26(6)16-15-17-28(30)36/h15-19,22-23,29,31H,10-14,20-21H2,1-9H3,(H,37,42)(H,38,40). The number of anilines is 1. The highest BCUT2D eigenvalue weighted by Crippen LogP contribution is 2.32. The molecule has 7 nitrogen and oxygen atoms in total. The fraction of sp³-hybridized carbons (Fsp3) is 0.571. The van der Waals surface area contributed by atoms with Gasteiger partial charge >= 0.3 is 6.09 Å². The molecule has 0 spiro atoms. The van der Waals surface area contributed by atoms with Gasteiger partial charge in [0.2, 0.25) is 5.91 Å². The van der Waals surface area contributed by atoms with Crippen LogP contribution in [0.15, 0.2) is 36.4 Å². The van der Waals surface area contributed by atoms with E-state index in [4.69, 9.17) is 16.3 Å². The van der Waals surface area contributed by atoms with Gasteiger partial charge in [-0.2, -0.15) is 0 Å². The van der Waals surface area contributed by atoms with Gasteiger partial charge in [0.1, 0.15) is 17.7 Å². The number of nitrogens with zero attached hydrogens (tertiary/aromatic N) is 1. The quantitative estimate of drug-likeness (QED) is 0.209. The van der Waals surface area contributed by atoms with Crippen molar-refractivity contribution in [1.82, 2.24) is 10.2 Å². The van der Waals surface area contributed by atoms with Crippen molar-refractivity contribution in [2.45, 2.75) is 119 Å². The fourth-order valence-corrected chi connectivity index (χ4v) is 5.35. The molecule has 0 radical (unpaired) electrons. The zero-order valence-electron chi connectivity index (χ0n) is 27.6. The molecule has 2 aromatic carbocycles. The van der Waals surface area contributed by atoms with Crippen LogP contribution < -0.4 is 10.6 Å². The van der Waals surface area contributed by atoms with E-state index in [-0.39, 0.29) is 17.7 Å². The Morgan fingerprint density at radius 3 is 2.23 bits per heavy atom. The van der Waals surface area contributed by atoms with Crippen molar-refractivity contribution >= 4 is 35.2 Å². The summed E-state index contributed by atoms with van der Waals surface area (Å²) in [5, 5.41) is 6.30. The summed E-state index contributed by atoms with van der Waals surface area (Å²) in [6.07, 6.45) is 4.65. The Morgan fingerprint density at radius 1 is 0.953 bits per heavy atom. The number of carbonyl (C=O) groups is 3. The molecule has 0 saturated heterocycles. The van der Waals surface area contributed by atoms with Crippen molar-refractivity contribution in [1.29, 1.82) is 0 Å². The molecule has 238 valence electrons. The highest BCUT2D eigenvalue weighted by molar-refractivity contribution is 6.34. The number of para-hydroxylation sites is 1. The van der Waals surface area contributed by atoms with Crippen LogP contribution in [0.2, 0.25) is 5.02 Å². The number of benzene rings is 2. The molecule has 43 heavy (non-hydrogen) atoms. The maximum Gasteiger partial charge on any atom is 0.408 e. The first-order valence-electron chi connectivity index (χ1n) is 15.6. The third-order valence-electron chi connectivity index (χ3n) is 7.24. The molecule has 2 unspecified atom stereocenters. The largest absolute Gasteiger partial charge is 0.444 e. The van der Waals surface area contributed by atoms with Crippen LogP contribution in [0.25, 0.3) is 0 Å². The summed E-state index contributed by atoms with van der Waals surface area (Å²) in [5.74, 6) is -0.562. The number of rotatable bonds is 14. The summed E-state index contributed by atoms with van der Waals surface area (Å²) in [6, 6.07) is 9.58. The highest BCUT2D eigenvalue weighted by Gasteiger charge is 2.37. The lowest BCUT2D eigenvalue weighted by molar-refractivity contribution is -0.141. The van der Waals surface area contributed by atoms with Gasteiger partial charge in [-0.25, -0.2) is 4.79 Å². The summed E-state index contributed by atoms with van der Waals surface area (Å²) in [7, 11) is 0. The SMILES string of the molecule is CCCCCCCN(C(=O)C(CC(C)C)NC(=O)OC(C)(C)C)C(C(=O)Nc1c(C)cccc1Cl)c1cc(C)ccc1C. The van der Waals surface area contributed by atoms with Gasteiger partial charge in [-0.05, 0) is 83.1 Å². The van der Waals surface area contributed by atoms with E-state index >= 15 is 0 Å². The van der Waals surface area contributed by atoms with Crippen molar-refractivity contribution in [3.05, 3.63) is 63.7 Å². The molecular weight excluding hydrogens is 562 g/mol. The average Bonchev–Trinajstić information content (AvgIpc) is 2.89. The predicted molar refractivity (Wildman–Crippen MR) is 177 cm³/mol. The zero-order chi connectivity index (χ0) is 32.3. The van der Waals surface area contributed by atoms with Gasteiger partial charge in [-0.3, -0.25) is 9.59 Å². The minimum atomic E-state index is -0.940. The van der Waals surface area contributed by atoms with E-state index < -0.39 is 23.8 Å². The van der Waals surface area contributed by atoms with E-state index in [2.05, 4.69) is 17.6 Å². The van der Waals surface area contributed by atoms with Gasteiger partial charge < -0.3 is 20.3 Å². The highest BCUT2D eigenvalue weighted by atomic mass is 35.5. The van der Waals surface area contributed by atoms with Gasteiger partial charge in [0, 0.05) is 6.54 Å². The average molecular weight is 614 g/mol. The molecule has 0 heterocycles. The van der Waals surface area contributed by atoms with Crippen molar-refractivity contribution < 1.29 is 19.1 Å². The Bertz CT molecular complexity index is 1220. The summed E-state index contributed by atoms with van der Waals surface area (Å²) >= 11 is 6.52. The normalized spacial score (nSPS) is 12.9. The van der Waals surface area contributed by atoms with Crippen LogP contribution in [0.3, 0.4) is 0 Å². The van der Waals surface area contributed by atoms with Gasteiger partial charge in [0.15, 0.2) is 0 Å². The third kappa shape index (κ3) is 11.5. The molecule has 8 heteroatoms. The number of unbranched alkanes of at least 4 members (excludes halogenated alkanes) is 4. The molecule has 0 bridgehead atoms. The molecule has 2 rings (SSSR count). The number of aryl methyl sites for hydroxylation is 3. The number of alkyl carbamates (subject to hydrolysis) is 1. The van der Waals surface area contributed by atoms with Gasteiger partial charge in [-0.1, -0.05) is 94.0 Å². The first-order chi connectivity index (χ1) is 20.1. The molecule has 0 aliphatic carbocycles. The van der Waals surface area contributed by atoms with Gasteiger partial charge in [-0.15, -0.1) is 0 Å². The molecule has 3 amide bonds. The number of carbonyl (C=O) groups excluding carboxylic acids is 3. The van der Waals surface area contributed by atoms with Crippen molar-refractivity contribution in [2.24, 2.45) is 5.92 Å². The Morgan fingerprint density at radius 2 is 1.63 bits per heavy atom. The van der Waals surface area contributed by atoms with E-state index in [1.807, 2.05) is 65.0 Å². The van der Waals surface area contributed by atoms with Crippen LogP contribution in [-0.2, 0) is 14.3 Å². The summed E-state index contributed by atoms with van der Waals surface area (Å²) in [4.78, 5) is 43.4. The van der Waals surface area contributed by atoms with Crippen molar-refractivity contribution in [3.63, 3.8) is 0 Å². The summed E-state index contributed by atoms with van der Waals surface area (Å²) in [5.41, 5.74) is 3.24. The second-order valence-electron chi connectivity index (χ2n) is 13.0. The molecule has 0 saturated carbocycles. The molecule has 0 aromatic heterocycles. The Labute approximate surface area is 264 Å². The minimum absolute atomic E-state index is 0.106. The van der Waals surface area contributed by atoms with E-state index in [9.17, 15) is 14.4 Å². The van der Waals surface area contributed by atoms with Crippen LogP contribution in [0, 0.1) is 26.7 Å². The van der Waals surface area contributed by atoms with E-state index in [1.54, 1.807) is 31.7 Å². The van der Waals surface area contributed by atoms with Gasteiger partial charge in [0.25, 0.3) is 5.91 Å². The van der Waals surface area contributed by atoms with E-state index in [1.165, 1.54) is 0 Å². The zero-order valence-corrected chi connectivity index (χ0v) is 28.4. The monoisotopic (exact) mass is 613 g/mol. The molecule has 2 aromatic rings. The van der Waals surface area contributed by atoms with Crippen molar-refractivity contribution in [2.75, 3.05) is 11.9 Å². The predicted octanol–water partition coefficient (Wildman–Crippen LogP) is 8.68. The lowest BCUT2D eigenvalue weighted by atomic mass is 9.94. The summed E-state index contributed by atoms with van der Waals surface area (Å²) in [6.45, 7) is 17.7. The molecule has 2 N–H and O–H groups in total. The van der Waals surface area contributed by atoms with E-state index in [0.717, 1.165) is 54.4 Å². The first kappa shape index (κ1) is 36.1. The Hall–Kier alpha value is -3.06. The third-order valence-corrected chi connectivity index (χ3v) is 7.56. The first-order valence-corrected chi connectivity index (χ1v) is 16.0. The van der Waals surface area contributed by atoms with Crippen molar-refractivity contribution in [3.8, 4) is 0 Å². The van der Waals surface area contributed by atoms with Crippen LogP contribution in [0.4, 0.5) is 10.5 Å². The second kappa shape index (κ2) is 16.7. The number of hydrogen-bond acceptors (Lipinski definition) is 4. The number of ether oxygens (including phenoxy) is 1. The Balaban J connectivity index is 2.63. The fourth-order valence-electron chi connectivity index (χ4n) is 5.08. The smallest absolute Gasteiger partial charge is 0.408 e. The maximum absolute atomic E-state index is 14.6. The molecule has 0 aliphatic heterocycles.